The number of aliphatic hydroxyl groups excluding tert-OH is 2. The predicted octanol–water partition coefficient (Wildman–Crippen LogP) is 11.6. The fourth-order valence-electron chi connectivity index (χ4n) is 3.78. The van der Waals surface area contributed by atoms with Crippen molar-refractivity contribution >= 4 is 11.6 Å². The minimum Gasteiger partial charge on any atom is -0.512 e. The third-order valence-corrected chi connectivity index (χ3v) is 7.93. The van der Waals surface area contributed by atoms with E-state index in [1.54, 1.807) is 6.07 Å². The predicted molar refractivity (Wildman–Crippen MR) is 215 cm³/mol. The number of carbonyl (C=O) groups excluding carboxylic acids is 2. The summed E-state index contributed by atoms with van der Waals surface area (Å²) in [4.78, 5) is 36.7. The van der Waals surface area contributed by atoms with Crippen LogP contribution in [0.25, 0.3) is 22.8 Å². The Bertz CT molecular complexity index is 1610. The van der Waals surface area contributed by atoms with Gasteiger partial charge in [-0.05, 0) is 46.5 Å². The van der Waals surface area contributed by atoms with E-state index < -0.39 is 10.8 Å². The second-order valence-corrected chi connectivity index (χ2v) is 19.4. The summed E-state index contributed by atoms with van der Waals surface area (Å²) in [5.74, 6) is 0.208. The molecule has 2 N–H and O–H groups in total. The van der Waals surface area contributed by atoms with Gasteiger partial charge in [-0.2, -0.15) is 0 Å². The van der Waals surface area contributed by atoms with Gasteiger partial charge in [-0.1, -0.05) is 130 Å². The van der Waals surface area contributed by atoms with Crippen LogP contribution in [0, 0.1) is 33.8 Å². The standard InChI is InChI=1S/C23H25N3.2C11H20O2.2Pt/c1-22(2,3)16-10-12-24-20(14-16)18-8-7-9-19(26-18)21-15-17(11-13-25-21)23(4,5)6;2*1-10(2,3)8(12)7-9(13)11(4,5)6;;/h7,10-15H,1-6H3;2*7,12H,1-6H3;;/q-2;;;;/b;2*8-7-;;. The maximum absolute atomic E-state index is 11.5. The molecule has 7 nitrogen and oxygen atoms in total. The van der Waals surface area contributed by atoms with Gasteiger partial charge in [0.05, 0.1) is 5.69 Å². The molecule has 54 heavy (non-hydrogen) atoms. The largest absolute Gasteiger partial charge is 0.512 e. The van der Waals surface area contributed by atoms with Gasteiger partial charge in [0.15, 0.2) is 11.6 Å². The Labute approximate surface area is 355 Å². The van der Waals surface area contributed by atoms with Gasteiger partial charge in [0.1, 0.15) is 11.5 Å². The Balaban J connectivity index is 0. The topological polar surface area (TPSA) is 113 Å². The molecule has 0 saturated carbocycles. The summed E-state index contributed by atoms with van der Waals surface area (Å²) in [6.07, 6.45) is 6.33. The zero-order valence-corrected chi connectivity index (χ0v) is 40.4. The average molecular weight is 1100 g/mol. The summed E-state index contributed by atoms with van der Waals surface area (Å²) in [5, 5.41) is 19.1. The van der Waals surface area contributed by atoms with Crippen LogP contribution >= 0.6 is 0 Å². The molecule has 0 aliphatic rings. The molecule has 3 aromatic rings. The van der Waals surface area contributed by atoms with E-state index in [9.17, 15) is 19.8 Å². The molecule has 0 atom stereocenters. The Morgan fingerprint density at radius 2 is 0.833 bits per heavy atom. The molecule has 0 aliphatic heterocycles. The van der Waals surface area contributed by atoms with Crippen molar-refractivity contribution in [2.75, 3.05) is 0 Å². The van der Waals surface area contributed by atoms with E-state index in [4.69, 9.17) is 4.98 Å². The van der Waals surface area contributed by atoms with Crippen LogP contribution in [-0.4, -0.2) is 36.7 Å². The minimum absolute atomic E-state index is 0. The summed E-state index contributed by atoms with van der Waals surface area (Å²) in [6.45, 7) is 35.4. The van der Waals surface area contributed by atoms with Crippen molar-refractivity contribution in [1.29, 1.82) is 0 Å². The van der Waals surface area contributed by atoms with Crippen molar-refractivity contribution in [3.8, 4) is 22.8 Å². The first kappa shape index (κ1) is 53.3. The van der Waals surface area contributed by atoms with Crippen molar-refractivity contribution in [2.45, 2.75) is 135 Å². The second-order valence-electron chi connectivity index (χ2n) is 19.4. The van der Waals surface area contributed by atoms with Crippen LogP contribution in [0.2, 0.25) is 0 Å². The second kappa shape index (κ2) is 20.4. The normalized spacial score (nSPS) is 12.9. The fraction of sp³-hybridized carbons (Fsp3) is 0.533. The van der Waals surface area contributed by atoms with Crippen molar-refractivity contribution in [3.05, 3.63) is 89.7 Å². The number of aromatic nitrogens is 3. The van der Waals surface area contributed by atoms with E-state index in [1.807, 2.05) is 108 Å². The van der Waals surface area contributed by atoms with Gasteiger partial charge in [-0.15, -0.1) is 17.5 Å². The Hall–Kier alpha value is -2.75. The van der Waals surface area contributed by atoms with E-state index in [0.29, 0.717) is 11.4 Å². The first-order valence-electron chi connectivity index (χ1n) is 17.9. The molecule has 3 heterocycles. The van der Waals surface area contributed by atoms with Gasteiger partial charge in [0.25, 0.3) is 0 Å². The number of hydrogen-bond donors (Lipinski definition) is 2. The van der Waals surface area contributed by atoms with Gasteiger partial charge < -0.3 is 38.4 Å². The number of allylic oxidation sites excluding steroid dienone is 4. The van der Waals surface area contributed by atoms with Crippen molar-refractivity contribution in [3.63, 3.8) is 0 Å². The smallest absolute Gasteiger partial charge is 0.164 e. The van der Waals surface area contributed by atoms with Crippen LogP contribution < -0.4 is 0 Å². The summed E-state index contributed by atoms with van der Waals surface area (Å²) in [7, 11) is 0. The first-order chi connectivity index (χ1) is 23.2. The number of carbonyl (C=O) groups is 2. The molecule has 0 saturated heterocycles. The number of pyridine rings is 3. The van der Waals surface area contributed by atoms with Gasteiger partial charge in [0.2, 0.25) is 0 Å². The van der Waals surface area contributed by atoms with E-state index in [1.165, 1.54) is 23.3 Å². The third-order valence-electron chi connectivity index (χ3n) is 7.93. The Morgan fingerprint density at radius 1 is 0.537 bits per heavy atom. The summed E-state index contributed by atoms with van der Waals surface area (Å²) in [5.41, 5.74) is 4.11. The van der Waals surface area contributed by atoms with Crippen LogP contribution in [0.4, 0.5) is 0 Å². The molecule has 3 rings (SSSR count). The monoisotopic (exact) mass is 1100 g/mol. The summed E-state index contributed by atoms with van der Waals surface area (Å²) < 4.78 is 0. The number of ketones is 2. The summed E-state index contributed by atoms with van der Waals surface area (Å²) in [6, 6.07) is 16.4. The van der Waals surface area contributed by atoms with Crippen molar-refractivity contribution < 1.29 is 61.9 Å². The molecule has 0 fully saturated rings. The molecule has 0 amide bonds. The maximum atomic E-state index is 11.5. The molecule has 9 heteroatoms. The molecular weight excluding hydrogens is 1040 g/mol. The van der Waals surface area contributed by atoms with Crippen LogP contribution in [0.1, 0.15) is 136 Å². The Morgan fingerprint density at radius 3 is 1.07 bits per heavy atom. The minimum atomic E-state index is -0.417. The summed E-state index contributed by atoms with van der Waals surface area (Å²) >= 11 is 0. The van der Waals surface area contributed by atoms with Crippen LogP contribution in [0.3, 0.4) is 0 Å². The Kier molecular flexibility index (Phi) is 20.2. The SMILES string of the molecule is CC(C)(C)C(=O)/C=C(\O)C(C)(C)C.CC(C)(C)C(=O)/C=C(\O)C(C)(C)C.CC(C)(C)c1ccnc(-c2[c-]c[c-]c(-c3cc(C(C)(C)C)ccn3)n2)c1.[Pt].[Pt]. The maximum Gasteiger partial charge on any atom is 0.164 e. The number of nitrogens with zero attached hydrogens (tertiary/aromatic N) is 3. The van der Waals surface area contributed by atoms with Gasteiger partial charge in [0, 0.05) is 82.1 Å². The average Bonchev–Trinajstić information content (AvgIpc) is 2.99. The number of hydrogen-bond acceptors (Lipinski definition) is 7. The van der Waals surface area contributed by atoms with Gasteiger partial charge in [-0.3, -0.25) is 14.6 Å². The molecule has 0 unspecified atom stereocenters. The van der Waals surface area contributed by atoms with Crippen LogP contribution in [0.5, 0.6) is 0 Å². The molecule has 0 aromatic carbocycles. The first-order valence-corrected chi connectivity index (χ1v) is 17.9. The molecule has 0 radical (unpaired) electrons. The molecule has 306 valence electrons. The zero-order valence-electron chi connectivity index (χ0n) is 35.9. The van der Waals surface area contributed by atoms with Crippen LogP contribution in [-0.2, 0) is 62.5 Å². The molecule has 0 spiro atoms. The van der Waals surface area contributed by atoms with Crippen molar-refractivity contribution in [2.24, 2.45) is 21.7 Å². The van der Waals surface area contributed by atoms with E-state index in [-0.39, 0.29) is 86.9 Å². The third kappa shape index (κ3) is 18.3. The van der Waals surface area contributed by atoms with Crippen molar-refractivity contribution in [1.82, 2.24) is 15.0 Å². The molecular formula is C45H65N3O4Pt2-2. The van der Waals surface area contributed by atoms with Gasteiger partial charge in [-0.25, -0.2) is 0 Å². The van der Waals surface area contributed by atoms with Gasteiger partial charge >= 0.3 is 0 Å². The number of rotatable bonds is 4. The number of aliphatic hydroxyl groups is 2. The molecule has 0 aliphatic carbocycles. The van der Waals surface area contributed by atoms with E-state index >= 15 is 0 Å². The van der Waals surface area contributed by atoms with E-state index in [2.05, 4.69) is 75.8 Å². The van der Waals surface area contributed by atoms with E-state index in [0.717, 1.165) is 11.4 Å². The van der Waals surface area contributed by atoms with Crippen LogP contribution in [0.15, 0.2) is 66.4 Å². The molecule has 0 bridgehead atoms. The fourth-order valence-corrected chi connectivity index (χ4v) is 3.78. The zero-order chi connectivity index (χ0) is 40.7. The molecule has 3 aromatic heterocycles. The quantitative estimate of drug-likeness (QED) is 0.152.